The van der Waals surface area contributed by atoms with Crippen LogP contribution < -0.4 is 0 Å². The predicted molar refractivity (Wildman–Crippen MR) is 58.8 cm³/mol. The fourth-order valence-electron chi connectivity index (χ4n) is 1.47. The minimum absolute atomic E-state index is 0.0198. The largest absolute Gasteiger partial charge is 0.508 e. The Morgan fingerprint density at radius 3 is 2.00 bits per heavy atom. The molecule has 1 atom stereocenters. The maximum Gasteiger partial charge on any atom is 0.119 e. The van der Waals surface area contributed by atoms with Crippen LogP contribution in [-0.4, -0.2) is 15.3 Å². The van der Waals surface area contributed by atoms with Crippen molar-refractivity contribution in [3.05, 3.63) is 23.8 Å². The van der Waals surface area contributed by atoms with Crippen molar-refractivity contribution in [2.45, 2.75) is 32.8 Å². The molecule has 3 nitrogen and oxygen atoms in total. The summed E-state index contributed by atoms with van der Waals surface area (Å²) < 4.78 is 0. The number of phenolic OH excluding ortho intramolecular Hbond substituents is 2. The molecular weight excluding hydrogens is 192 g/mol. The van der Waals surface area contributed by atoms with Gasteiger partial charge in [0.05, 0.1) is 6.10 Å². The summed E-state index contributed by atoms with van der Waals surface area (Å²) in [5.74, 6) is 0.493. The highest BCUT2D eigenvalue weighted by molar-refractivity contribution is 5.37. The highest BCUT2D eigenvalue weighted by Crippen LogP contribution is 2.27. The Morgan fingerprint density at radius 1 is 1.00 bits per heavy atom. The molecule has 0 aliphatic rings. The normalized spacial score (nSPS) is 13.1. The maximum atomic E-state index is 9.80. The van der Waals surface area contributed by atoms with Gasteiger partial charge in [0, 0.05) is 6.07 Å². The molecule has 3 N–H and O–H groups in total. The number of aliphatic hydroxyl groups is 1. The maximum absolute atomic E-state index is 9.80. The van der Waals surface area contributed by atoms with E-state index in [0.717, 1.165) is 6.42 Å². The summed E-state index contributed by atoms with van der Waals surface area (Å²) in [7, 11) is 0. The average molecular weight is 210 g/mol. The molecule has 0 saturated heterocycles. The van der Waals surface area contributed by atoms with Crippen molar-refractivity contribution in [1.29, 1.82) is 0 Å². The lowest BCUT2D eigenvalue weighted by Gasteiger charge is -2.13. The number of hydrogen-bond donors (Lipinski definition) is 3. The molecule has 1 aromatic rings. The lowest BCUT2D eigenvalue weighted by Crippen LogP contribution is -1.99. The van der Waals surface area contributed by atoms with E-state index in [2.05, 4.69) is 13.8 Å². The molecule has 3 heteroatoms. The second kappa shape index (κ2) is 5.03. The van der Waals surface area contributed by atoms with Gasteiger partial charge in [-0.1, -0.05) is 13.8 Å². The SMILES string of the molecule is CC(C)CCC(O)c1cc(O)cc(O)c1. The Kier molecular flexibility index (Phi) is 3.97. The Morgan fingerprint density at radius 2 is 1.53 bits per heavy atom. The van der Waals surface area contributed by atoms with Crippen LogP contribution in [0.15, 0.2) is 18.2 Å². The van der Waals surface area contributed by atoms with Crippen LogP contribution in [-0.2, 0) is 0 Å². The Labute approximate surface area is 90.0 Å². The predicted octanol–water partition coefficient (Wildman–Crippen LogP) is 2.57. The van der Waals surface area contributed by atoms with E-state index in [4.69, 9.17) is 0 Å². The fraction of sp³-hybridized carbons (Fsp3) is 0.500. The van der Waals surface area contributed by atoms with Gasteiger partial charge in [0.25, 0.3) is 0 Å². The van der Waals surface area contributed by atoms with Gasteiger partial charge in [0.15, 0.2) is 0 Å². The first kappa shape index (κ1) is 11.9. The first-order chi connectivity index (χ1) is 6.99. The minimum Gasteiger partial charge on any atom is -0.508 e. The molecule has 0 radical (unpaired) electrons. The van der Waals surface area contributed by atoms with Gasteiger partial charge in [-0.2, -0.15) is 0 Å². The Hall–Kier alpha value is -1.22. The van der Waals surface area contributed by atoms with Crippen LogP contribution in [0.2, 0.25) is 0 Å². The molecule has 0 heterocycles. The fourth-order valence-corrected chi connectivity index (χ4v) is 1.47. The molecule has 0 aliphatic heterocycles. The number of benzene rings is 1. The molecule has 0 aromatic heterocycles. The lowest BCUT2D eigenvalue weighted by molar-refractivity contribution is 0.158. The van der Waals surface area contributed by atoms with Gasteiger partial charge in [-0.15, -0.1) is 0 Å². The van der Waals surface area contributed by atoms with Crippen LogP contribution in [0.5, 0.6) is 11.5 Å². The van der Waals surface area contributed by atoms with Crippen molar-refractivity contribution in [3.8, 4) is 11.5 Å². The molecule has 1 rings (SSSR count). The van der Waals surface area contributed by atoms with Crippen molar-refractivity contribution >= 4 is 0 Å². The van der Waals surface area contributed by atoms with Crippen LogP contribution in [0.1, 0.15) is 38.4 Å². The van der Waals surface area contributed by atoms with Gasteiger partial charge < -0.3 is 15.3 Å². The molecule has 84 valence electrons. The molecule has 0 amide bonds. The van der Waals surface area contributed by atoms with Gasteiger partial charge in [-0.05, 0) is 36.5 Å². The molecule has 15 heavy (non-hydrogen) atoms. The van der Waals surface area contributed by atoms with Crippen molar-refractivity contribution in [2.24, 2.45) is 5.92 Å². The molecule has 1 aromatic carbocycles. The second-order valence-corrected chi connectivity index (χ2v) is 4.27. The van der Waals surface area contributed by atoms with Crippen molar-refractivity contribution < 1.29 is 15.3 Å². The summed E-state index contributed by atoms with van der Waals surface area (Å²) in [6.45, 7) is 4.18. The van der Waals surface area contributed by atoms with Crippen molar-refractivity contribution in [2.75, 3.05) is 0 Å². The summed E-state index contributed by atoms with van der Waals surface area (Å²) in [6.07, 6.45) is 0.934. The van der Waals surface area contributed by atoms with Gasteiger partial charge in [0.2, 0.25) is 0 Å². The summed E-state index contributed by atoms with van der Waals surface area (Å²) in [5, 5.41) is 28.3. The van der Waals surface area contributed by atoms with E-state index in [-0.39, 0.29) is 11.5 Å². The third-order valence-electron chi connectivity index (χ3n) is 2.33. The van der Waals surface area contributed by atoms with Gasteiger partial charge >= 0.3 is 0 Å². The van der Waals surface area contributed by atoms with Gasteiger partial charge in [-0.25, -0.2) is 0 Å². The zero-order valence-electron chi connectivity index (χ0n) is 9.14. The van der Waals surface area contributed by atoms with Crippen LogP contribution in [0, 0.1) is 5.92 Å². The van der Waals surface area contributed by atoms with E-state index in [0.29, 0.717) is 17.9 Å². The number of phenols is 2. The van der Waals surface area contributed by atoms with E-state index in [1.165, 1.54) is 18.2 Å². The van der Waals surface area contributed by atoms with Gasteiger partial charge in [-0.3, -0.25) is 0 Å². The second-order valence-electron chi connectivity index (χ2n) is 4.27. The zero-order valence-corrected chi connectivity index (χ0v) is 9.14. The monoisotopic (exact) mass is 210 g/mol. The van der Waals surface area contributed by atoms with Gasteiger partial charge in [0.1, 0.15) is 11.5 Å². The van der Waals surface area contributed by atoms with E-state index in [1.54, 1.807) is 0 Å². The van der Waals surface area contributed by atoms with E-state index < -0.39 is 6.10 Å². The number of aliphatic hydroxyl groups excluding tert-OH is 1. The number of aromatic hydroxyl groups is 2. The Bertz CT molecular complexity index is 300. The van der Waals surface area contributed by atoms with E-state index in [9.17, 15) is 15.3 Å². The summed E-state index contributed by atoms with van der Waals surface area (Å²) in [6, 6.07) is 4.20. The van der Waals surface area contributed by atoms with Crippen molar-refractivity contribution in [3.63, 3.8) is 0 Å². The smallest absolute Gasteiger partial charge is 0.119 e. The molecule has 0 saturated carbocycles. The topological polar surface area (TPSA) is 60.7 Å². The first-order valence-corrected chi connectivity index (χ1v) is 5.20. The van der Waals surface area contributed by atoms with Crippen LogP contribution >= 0.6 is 0 Å². The molecule has 1 unspecified atom stereocenters. The quantitative estimate of drug-likeness (QED) is 0.715. The summed E-state index contributed by atoms with van der Waals surface area (Å²) in [5.41, 5.74) is 0.563. The lowest BCUT2D eigenvalue weighted by atomic mass is 9.99. The summed E-state index contributed by atoms with van der Waals surface area (Å²) >= 11 is 0. The number of rotatable bonds is 4. The molecule has 0 aliphatic carbocycles. The molecule has 0 spiro atoms. The van der Waals surface area contributed by atoms with E-state index >= 15 is 0 Å². The highest BCUT2D eigenvalue weighted by atomic mass is 16.3. The third kappa shape index (κ3) is 3.80. The Balaban J connectivity index is 2.68. The first-order valence-electron chi connectivity index (χ1n) is 5.20. The minimum atomic E-state index is -0.620. The van der Waals surface area contributed by atoms with E-state index in [1.807, 2.05) is 0 Å². The number of hydrogen-bond acceptors (Lipinski definition) is 3. The zero-order chi connectivity index (χ0) is 11.4. The van der Waals surface area contributed by atoms with Crippen LogP contribution in [0.4, 0.5) is 0 Å². The molecular formula is C12H18O3. The van der Waals surface area contributed by atoms with Crippen LogP contribution in [0.3, 0.4) is 0 Å². The molecule has 0 bridgehead atoms. The average Bonchev–Trinajstić information content (AvgIpc) is 2.12. The highest BCUT2D eigenvalue weighted by Gasteiger charge is 2.10. The van der Waals surface area contributed by atoms with Crippen molar-refractivity contribution in [1.82, 2.24) is 0 Å². The standard InChI is InChI=1S/C12H18O3/c1-8(2)3-4-12(15)9-5-10(13)7-11(14)6-9/h5-8,12-15H,3-4H2,1-2H3. The third-order valence-corrected chi connectivity index (χ3v) is 2.33. The van der Waals surface area contributed by atoms with Crippen LogP contribution in [0.25, 0.3) is 0 Å². The summed E-state index contributed by atoms with van der Waals surface area (Å²) in [4.78, 5) is 0. The molecule has 0 fully saturated rings.